The van der Waals surface area contributed by atoms with Crippen LogP contribution in [0.2, 0.25) is 5.02 Å². The number of hydrogen-bond acceptors (Lipinski definition) is 5. The molecule has 0 radical (unpaired) electrons. The molecule has 0 spiro atoms. The van der Waals surface area contributed by atoms with E-state index in [1.807, 2.05) is 37.3 Å². The average molecular weight is 468 g/mol. The van der Waals surface area contributed by atoms with Crippen molar-refractivity contribution < 1.29 is 9.59 Å². The van der Waals surface area contributed by atoms with Crippen LogP contribution in [-0.2, 0) is 11.2 Å². The molecule has 0 saturated carbocycles. The van der Waals surface area contributed by atoms with Gasteiger partial charge in [0.25, 0.3) is 5.91 Å². The van der Waals surface area contributed by atoms with E-state index in [9.17, 15) is 9.59 Å². The first-order valence-electron chi connectivity index (χ1n) is 11.6. The predicted molar refractivity (Wildman–Crippen MR) is 129 cm³/mol. The van der Waals surface area contributed by atoms with E-state index in [1.54, 1.807) is 11.9 Å². The van der Waals surface area contributed by atoms with Gasteiger partial charge in [-0.1, -0.05) is 48.0 Å². The summed E-state index contributed by atoms with van der Waals surface area (Å²) in [5, 5.41) is 4.30. The first-order chi connectivity index (χ1) is 16.0. The first-order valence-corrected chi connectivity index (χ1v) is 12.0. The van der Waals surface area contributed by atoms with Crippen molar-refractivity contribution in [2.75, 3.05) is 31.6 Å². The summed E-state index contributed by atoms with van der Waals surface area (Å²) in [6.07, 6.45) is 2.01. The van der Waals surface area contributed by atoms with Gasteiger partial charge < -0.3 is 9.80 Å². The van der Waals surface area contributed by atoms with Gasteiger partial charge in [0, 0.05) is 37.4 Å². The fourth-order valence-electron chi connectivity index (χ4n) is 5.36. The maximum atomic E-state index is 13.6. The summed E-state index contributed by atoms with van der Waals surface area (Å²) in [7, 11) is 1.79. The number of likely N-dealkylation sites (N-methyl/N-ethyl adjacent to an activating group) is 1. The molecule has 3 atom stereocenters. The topological polar surface area (TPSA) is 59.1 Å². The molecule has 3 unspecified atom stereocenters. The van der Waals surface area contributed by atoms with E-state index in [0.29, 0.717) is 6.54 Å². The van der Waals surface area contributed by atoms with Crippen LogP contribution in [-0.4, -0.2) is 71.8 Å². The Morgan fingerprint density at radius 1 is 1.06 bits per heavy atom. The van der Waals surface area contributed by atoms with Gasteiger partial charge in [0.1, 0.15) is 18.5 Å². The molecule has 7 nitrogen and oxygen atoms in total. The van der Waals surface area contributed by atoms with Gasteiger partial charge in [-0.05, 0) is 49.4 Å². The van der Waals surface area contributed by atoms with Crippen molar-refractivity contribution >= 4 is 29.2 Å². The summed E-state index contributed by atoms with van der Waals surface area (Å²) in [6.45, 7) is 4.12. The van der Waals surface area contributed by atoms with Crippen LogP contribution in [0.5, 0.6) is 0 Å². The van der Waals surface area contributed by atoms with Crippen molar-refractivity contribution in [2.24, 2.45) is 0 Å². The van der Waals surface area contributed by atoms with Crippen molar-refractivity contribution in [1.29, 1.82) is 0 Å². The highest BCUT2D eigenvalue weighted by Crippen LogP contribution is 2.35. The second kappa shape index (κ2) is 8.97. The second-order valence-electron chi connectivity index (χ2n) is 9.07. The number of amides is 3. The molecule has 0 aromatic heterocycles. The van der Waals surface area contributed by atoms with Crippen molar-refractivity contribution in [1.82, 2.24) is 20.0 Å². The zero-order chi connectivity index (χ0) is 23.1. The maximum absolute atomic E-state index is 13.6. The molecule has 3 amide bonds. The number of anilines is 1. The van der Waals surface area contributed by atoms with Gasteiger partial charge >= 0.3 is 6.03 Å². The highest BCUT2D eigenvalue weighted by atomic mass is 35.5. The molecule has 1 N–H and O–H groups in total. The van der Waals surface area contributed by atoms with Crippen molar-refractivity contribution in [3.05, 3.63) is 64.7 Å². The van der Waals surface area contributed by atoms with Crippen LogP contribution in [0.4, 0.5) is 10.5 Å². The lowest BCUT2D eigenvalue weighted by molar-refractivity contribution is -0.138. The largest absolute Gasteiger partial charge is 0.343 e. The molecule has 0 aliphatic carbocycles. The van der Waals surface area contributed by atoms with E-state index < -0.39 is 6.04 Å². The Morgan fingerprint density at radius 2 is 1.85 bits per heavy atom. The van der Waals surface area contributed by atoms with E-state index in [1.165, 1.54) is 10.5 Å². The van der Waals surface area contributed by atoms with Gasteiger partial charge in [-0.3, -0.25) is 19.9 Å². The number of imide groups is 1. The van der Waals surface area contributed by atoms with Crippen LogP contribution in [0.25, 0.3) is 0 Å². The fraction of sp³-hybridized carbons (Fsp3) is 0.440. The third-order valence-electron chi connectivity index (χ3n) is 7.11. The number of fused-ring (bicyclic) bond motifs is 3. The molecule has 5 rings (SSSR count). The van der Waals surface area contributed by atoms with Gasteiger partial charge in [-0.2, -0.15) is 0 Å². The molecule has 174 valence electrons. The number of urea groups is 1. The number of nitrogens with zero attached hydrogens (tertiary/aromatic N) is 4. The van der Waals surface area contributed by atoms with Gasteiger partial charge in [-0.25, -0.2) is 4.79 Å². The minimum atomic E-state index is -0.392. The van der Waals surface area contributed by atoms with Crippen LogP contribution < -0.4 is 10.2 Å². The highest BCUT2D eigenvalue weighted by molar-refractivity contribution is 6.31. The third kappa shape index (κ3) is 3.88. The smallest absolute Gasteiger partial charge is 0.327 e. The molecule has 3 fully saturated rings. The molecule has 3 aliphatic rings. The number of carbonyl (C=O) groups is 2. The van der Waals surface area contributed by atoms with Crippen molar-refractivity contribution in [3.63, 3.8) is 0 Å². The fourth-order valence-corrected chi connectivity index (χ4v) is 5.53. The number of rotatable bonds is 5. The van der Waals surface area contributed by atoms with E-state index >= 15 is 0 Å². The Labute approximate surface area is 199 Å². The van der Waals surface area contributed by atoms with E-state index in [0.717, 1.165) is 48.6 Å². The first kappa shape index (κ1) is 22.2. The summed E-state index contributed by atoms with van der Waals surface area (Å²) in [5.41, 5.74) is 3.30. The number of halogens is 1. The van der Waals surface area contributed by atoms with E-state index in [-0.39, 0.29) is 24.4 Å². The quantitative estimate of drug-likeness (QED) is 0.731. The standard InChI is InChI=1S/C25H30ClN5O2/c1-17-19(26)12-6-13-20(17)29-15-8-16-30-21-22(27-24(29)30)28(2)25(33)31(23(21)32)14-7-11-18-9-4-3-5-10-18/h3-6,9-10,12-13,21-22,24,27H,7-8,11,14-16H2,1-2H3. The number of carbonyl (C=O) groups excluding carboxylic acids is 2. The van der Waals surface area contributed by atoms with Gasteiger partial charge in [-0.15, -0.1) is 0 Å². The molecular formula is C25H30ClN5O2. The summed E-state index contributed by atoms with van der Waals surface area (Å²) in [5.74, 6) is -0.101. The normalized spacial score (nSPS) is 25.4. The minimum Gasteiger partial charge on any atom is -0.343 e. The van der Waals surface area contributed by atoms with Crippen LogP contribution in [0, 0.1) is 6.92 Å². The number of benzene rings is 2. The summed E-state index contributed by atoms with van der Waals surface area (Å²) in [6, 6.07) is 15.5. The molecule has 8 heteroatoms. The molecule has 2 aromatic carbocycles. The highest BCUT2D eigenvalue weighted by Gasteiger charge is 2.56. The van der Waals surface area contributed by atoms with Crippen molar-refractivity contribution in [2.45, 2.75) is 44.7 Å². The summed E-state index contributed by atoms with van der Waals surface area (Å²) in [4.78, 5) is 34.3. The monoisotopic (exact) mass is 467 g/mol. The number of hydrogen-bond donors (Lipinski definition) is 1. The van der Waals surface area contributed by atoms with Gasteiger partial charge in [0.15, 0.2) is 0 Å². The SMILES string of the molecule is Cc1c(Cl)cccc1N1CCCN2C3C(=O)N(CCCc4ccccc4)C(=O)N(C)C3NC12. The summed E-state index contributed by atoms with van der Waals surface area (Å²) >= 11 is 6.40. The zero-order valence-electron chi connectivity index (χ0n) is 19.1. The van der Waals surface area contributed by atoms with Crippen LogP contribution in [0.3, 0.4) is 0 Å². The maximum Gasteiger partial charge on any atom is 0.327 e. The third-order valence-corrected chi connectivity index (χ3v) is 7.52. The van der Waals surface area contributed by atoms with Crippen LogP contribution in [0.1, 0.15) is 24.0 Å². The molecule has 3 heterocycles. The minimum absolute atomic E-state index is 0.101. The van der Waals surface area contributed by atoms with Gasteiger partial charge in [0.2, 0.25) is 0 Å². The number of aryl methyl sites for hydroxylation is 1. The Bertz CT molecular complexity index is 1050. The molecule has 2 aromatic rings. The Hall–Kier alpha value is -2.61. The van der Waals surface area contributed by atoms with Crippen LogP contribution >= 0.6 is 11.6 Å². The molecule has 3 saturated heterocycles. The van der Waals surface area contributed by atoms with E-state index in [2.05, 4.69) is 33.3 Å². The number of nitrogens with one attached hydrogen (secondary N) is 1. The molecule has 0 bridgehead atoms. The second-order valence-corrected chi connectivity index (χ2v) is 9.48. The van der Waals surface area contributed by atoms with Crippen molar-refractivity contribution in [3.8, 4) is 0 Å². The Kier molecular flexibility index (Phi) is 6.03. The summed E-state index contributed by atoms with van der Waals surface area (Å²) < 4.78 is 0. The molecule has 33 heavy (non-hydrogen) atoms. The Balaban J connectivity index is 1.35. The lowest BCUT2D eigenvalue weighted by Gasteiger charge is -2.44. The van der Waals surface area contributed by atoms with Crippen LogP contribution in [0.15, 0.2) is 48.5 Å². The lowest BCUT2D eigenvalue weighted by atomic mass is 10.1. The zero-order valence-corrected chi connectivity index (χ0v) is 19.8. The lowest BCUT2D eigenvalue weighted by Crippen LogP contribution is -2.66. The average Bonchev–Trinajstić information content (AvgIpc) is 3.22. The molecule has 3 aliphatic heterocycles. The predicted octanol–water partition coefficient (Wildman–Crippen LogP) is 3.27. The van der Waals surface area contributed by atoms with Gasteiger partial charge in [0.05, 0.1) is 0 Å². The molecular weight excluding hydrogens is 438 g/mol. The van der Waals surface area contributed by atoms with E-state index in [4.69, 9.17) is 11.6 Å². The Morgan fingerprint density at radius 3 is 2.64 bits per heavy atom.